The quantitative estimate of drug-likeness (QED) is 0.826. The van der Waals surface area contributed by atoms with Gasteiger partial charge in [0.15, 0.2) is 0 Å². The molecule has 0 aliphatic heterocycles. The number of nitrogens with two attached hydrogens (primary N) is 1. The van der Waals surface area contributed by atoms with Crippen molar-refractivity contribution in [3.8, 4) is 0 Å². The highest BCUT2D eigenvalue weighted by molar-refractivity contribution is 5.56. The summed E-state index contributed by atoms with van der Waals surface area (Å²) in [6.45, 7) is 7.29. The lowest BCUT2D eigenvalue weighted by atomic mass is 10.0. The second kappa shape index (κ2) is 7.46. The number of anilines is 1. The molecule has 4 heteroatoms. The number of rotatable bonds is 7. The van der Waals surface area contributed by atoms with Crippen LogP contribution in [0, 0.1) is 5.82 Å². The molecule has 2 N–H and O–H groups in total. The maximum absolute atomic E-state index is 14.2. The van der Waals surface area contributed by atoms with Crippen molar-refractivity contribution >= 4 is 5.69 Å². The molecule has 19 heavy (non-hydrogen) atoms. The zero-order chi connectivity index (χ0) is 14.4. The molecule has 0 saturated carbocycles. The molecule has 0 fully saturated rings. The Morgan fingerprint density at radius 2 is 2.05 bits per heavy atom. The maximum Gasteiger partial charge on any atom is 0.146 e. The molecule has 1 aromatic carbocycles. The lowest BCUT2D eigenvalue weighted by Gasteiger charge is -2.33. The third-order valence-corrected chi connectivity index (χ3v) is 3.45. The summed E-state index contributed by atoms with van der Waals surface area (Å²) < 4.78 is 19.4. The molecule has 1 rings (SSSR count). The highest BCUT2D eigenvalue weighted by Crippen LogP contribution is 2.30. The summed E-state index contributed by atoms with van der Waals surface area (Å²) in [5, 5.41) is 0. The molecule has 0 heterocycles. The number of halogens is 1. The van der Waals surface area contributed by atoms with Crippen molar-refractivity contribution in [3.05, 3.63) is 29.6 Å². The van der Waals surface area contributed by atoms with Crippen LogP contribution in [0.25, 0.3) is 0 Å². The predicted molar refractivity (Wildman–Crippen MR) is 78.0 cm³/mol. The third kappa shape index (κ3) is 3.91. The number of hydrogen-bond acceptors (Lipinski definition) is 3. The van der Waals surface area contributed by atoms with Gasteiger partial charge in [0.05, 0.1) is 12.3 Å². The molecule has 1 aromatic rings. The predicted octanol–water partition coefficient (Wildman–Crippen LogP) is 3.10. The number of methoxy groups -OCH3 is 1. The summed E-state index contributed by atoms with van der Waals surface area (Å²) in [7, 11) is 1.66. The summed E-state index contributed by atoms with van der Waals surface area (Å²) >= 11 is 0. The fourth-order valence-electron chi connectivity index (χ4n) is 2.17. The Morgan fingerprint density at radius 3 is 2.58 bits per heavy atom. The molecule has 0 aromatic heterocycles. The Morgan fingerprint density at radius 1 is 1.37 bits per heavy atom. The van der Waals surface area contributed by atoms with E-state index in [1.54, 1.807) is 13.2 Å². The second-order valence-electron chi connectivity index (χ2n) is 4.91. The molecule has 0 aliphatic rings. The summed E-state index contributed by atoms with van der Waals surface area (Å²) in [5.41, 5.74) is 7.43. The van der Waals surface area contributed by atoms with Gasteiger partial charge in [-0.1, -0.05) is 19.1 Å². The maximum atomic E-state index is 14.2. The van der Waals surface area contributed by atoms with Gasteiger partial charge in [-0.05, 0) is 31.9 Å². The van der Waals surface area contributed by atoms with Crippen LogP contribution in [0.1, 0.15) is 38.8 Å². The first-order valence-corrected chi connectivity index (χ1v) is 6.82. The molecule has 0 aliphatic carbocycles. The monoisotopic (exact) mass is 268 g/mol. The average molecular weight is 268 g/mol. The van der Waals surface area contributed by atoms with Crippen LogP contribution in [0.5, 0.6) is 0 Å². The van der Waals surface area contributed by atoms with E-state index in [-0.39, 0.29) is 17.9 Å². The molecular weight excluding hydrogens is 243 g/mol. The highest BCUT2D eigenvalue weighted by atomic mass is 19.1. The average Bonchev–Trinajstić information content (AvgIpc) is 2.39. The molecule has 3 nitrogen and oxygen atoms in total. The first-order valence-electron chi connectivity index (χ1n) is 6.82. The highest BCUT2D eigenvalue weighted by Gasteiger charge is 2.21. The van der Waals surface area contributed by atoms with Crippen molar-refractivity contribution in [2.24, 2.45) is 5.73 Å². The van der Waals surface area contributed by atoms with Gasteiger partial charge in [0.1, 0.15) is 5.82 Å². The smallest absolute Gasteiger partial charge is 0.146 e. The van der Waals surface area contributed by atoms with Crippen molar-refractivity contribution in [1.82, 2.24) is 0 Å². The number of nitrogens with zero attached hydrogens (tertiary/aromatic N) is 1. The third-order valence-electron chi connectivity index (χ3n) is 3.45. The van der Waals surface area contributed by atoms with Crippen LogP contribution in [0.2, 0.25) is 0 Å². The normalized spacial score (nSPS) is 14.2. The minimum Gasteiger partial charge on any atom is -0.383 e. The largest absolute Gasteiger partial charge is 0.383 e. The Labute approximate surface area is 115 Å². The Hall–Kier alpha value is -1.13. The van der Waals surface area contributed by atoms with E-state index in [1.807, 2.05) is 13.0 Å². The molecule has 1 unspecified atom stereocenters. The van der Waals surface area contributed by atoms with Gasteiger partial charge in [-0.15, -0.1) is 0 Å². The van der Waals surface area contributed by atoms with E-state index in [1.165, 1.54) is 6.07 Å². The number of benzene rings is 1. The summed E-state index contributed by atoms with van der Waals surface area (Å²) in [6, 6.07) is 5.14. The van der Waals surface area contributed by atoms with Crippen LogP contribution in [-0.2, 0) is 4.74 Å². The van der Waals surface area contributed by atoms with Crippen LogP contribution in [0.4, 0.5) is 10.1 Å². The molecule has 0 spiro atoms. The SMILES string of the molecule is CCC(C)N(CCOC)c1c(F)cccc1[C@@H](C)N. The topological polar surface area (TPSA) is 38.5 Å². The van der Waals surface area contributed by atoms with Crippen LogP contribution in [0.3, 0.4) is 0 Å². The lowest BCUT2D eigenvalue weighted by molar-refractivity contribution is 0.203. The second-order valence-corrected chi connectivity index (χ2v) is 4.91. The first-order chi connectivity index (χ1) is 9.02. The molecule has 0 radical (unpaired) electrons. The summed E-state index contributed by atoms with van der Waals surface area (Å²) in [4.78, 5) is 2.05. The first kappa shape index (κ1) is 15.9. The summed E-state index contributed by atoms with van der Waals surface area (Å²) in [6.07, 6.45) is 0.941. The number of para-hydroxylation sites is 1. The Bertz CT molecular complexity index is 396. The van der Waals surface area contributed by atoms with Crippen LogP contribution in [-0.4, -0.2) is 26.3 Å². The van der Waals surface area contributed by atoms with Crippen molar-refractivity contribution in [2.45, 2.75) is 39.3 Å². The fourth-order valence-corrected chi connectivity index (χ4v) is 2.17. The standard InChI is InChI=1S/C15H25FN2O/c1-5-11(2)18(9-10-19-4)15-13(12(3)17)7-6-8-14(15)16/h6-8,11-12H,5,9-10,17H2,1-4H3/t11?,12-/m1/s1. The minimum atomic E-state index is -0.216. The van der Waals surface area contributed by atoms with Gasteiger partial charge in [0, 0.05) is 25.7 Å². The van der Waals surface area contributed by atoms with Gasteiger partial charge in [-0.25, -0.2) is 4.39 Å². The fraction of sp³-hybridized carbons (Fsp3) is 0.600. The minimum absolute atomic E-state index is 0.195. The van der Waals surface area contributed by atoms with E-state index in [9.17, 15) is 4.39 Å². The molecule has 2 atom stereocenters. The Kier molecular flexibility index (Phi) is 6.25. The molecule has 0 amide bonds. The van der Waals surface area contributed by atoms with Crippen molar-refractivity contribution in [1.29, 1.82) is 0 Å². The van der Waals surface area contributed by atoms with E-state index < -0.39 is 0 Å². The molecule has 108 valence electrons. The van der Waals surface area contributed by atoms with E-state index in [0.717, 1.165) is 12.0 Å². The molecule has 0 bridgehead atoms. The number of hydrogen-bond donors (Lipinski definition) is 1. The molecule has 0 saturated heterocycles. The van der Waals surface area contributed by atoms with E-state index >= 15 is 0 Å². The zero-order valence-electron chi connectivity index (χ0n) is 12.3. The van der Waals surface area contributed by atoms with Gasteiger partial charge in [0.2, 0.25) is 0 Å². The van der Waals surface area contributed by atoms with E-state index in [2.05, 4.69) is 18.7 Å². The molecular formula is C15H25FN2O. The zero-order valence-corrected chi connectivity index (χ0v) is 12.3. The van der Waals surface area contributed by atoms with Gasteiger partial charge < -0.3 is 15.4 Å². The Balaban J connectivity index is 3.20. The van der Waals surface area contributed by atoms with Crippen molar-refractivity contribution < 1.29 is 9.13 Å². The van der Waals surface area contributed by atoms with Crippen molar-refractivity contribution in [2.75, 3.05) is 25.2 Å². The van der Waals surface area contributed by atoms with Gasteiger partial charge in [-0.3, -0.25) is 0 Å². The van der Waals surface area contributed by atoms with Crippen LogP contribution < -0.4 is 10.6 Å². The van der Waals surface area contributed by atoms with Crippen molar-refractivity contribution in [3.63, 3.8) is 0 Å². The van der Waals surface area contributed by atoms with Gasteiger partial charge in [-0.2, -0.15) is 0 Å². The van der Waals surface area contributed by atoms with E-state index in [4.69, 9.17) is 10.5 Å². The van der Waals surface area contributed by atoms with Crippen LogP contribution >= 0.6 is 0 Å². The van der Waals surface area contributed by atoms with Crippen LogP contribution in [0.15, 0.2) is 18.2 Å². The van der Waals surface area contributed by atoms with Gasteiger partial charge >= 0.3 is 0 Å². The number of ether oxygens (including phenoxy) is 1. The summed E-state index contributed by atoms with van der Waals surface area (Å²) in [5.74, 6) is -0.216. The van der Waals surface area contributed by atoms with Gasteiger partial charge in [0.25, 0.3) is 0 Å². The van der Waals surface area contributed by atoms with E-state index in [0.29, 0.717) is 18.8 Å². The lowest BCUT2D eigenvalue weighted by Crippen LogP contribution is -2.37.